The van der Waals surface area contributed by atoms with Gasteiger partial charge in [0.25, 0.3) is 0 Å². The first-order valence-electron chi connectivity index (χ1n) is 6.37. The third-order valence-corrected chi connectivity index (χ3v) is 6.54. The van der Waals surface area contributed by atoms with Crippen LogP contribution in [0.5, 0.6) is 0 Å². The molecule has 0 aromatic rings. The Labute approximate surface area is 122 Å². The highest BCUT2D eigenvalue weighted by Crippen LogP contribution is 1.97. The molecule has 0 spiro atoms. The maximum absolute atomic E-state index is 11.6. The van der Waals surface area contributed by atoms with Crippen molar-refractivity contribution in [1.29, 1.82) is 0 Å². The van der Waals surface area contributed by atoms with Gasteiger partial charge in [-0.1, -0.05) is 0 Å². The minimum Gasteiger partial charge on any atom is -0.309 e. The van der Waals surface area contributed by atoms with Crippen LogP contribution in [0.2, 0.25) is 0 Å². The van der Waals surface area contributed by atoms with Crippen LogP contribution in [0.25, 0.3) is 0 Å². The van der Waals surface area contributed by atoms with Crippen molar-refractivity contribution in [2.45, 2.75) is 12.8 Å². The highest BCUT2D eigenvalue weighted by molar-refractivity contribution is 8.65. The van der Waals surface area contributed by atoms with Crippen molar-refractivity contribution in [3.8, 4) is 0 Å². The molecule has 2 N–H and O–H groups in total. The molecule has 122 valence electrons. The second-order valence-corrected chi connectivity index (χ2v) is 10.0. The topological polar surface area (TPSA) is 98.8 Å². The van der Waals surface area contributed by atoms with Gasteiger partial charge < -0.3 is 9.80 Å². The average Bonchev–Trinajstić information content (AvgIpc) is 2.29. The van der Waals surface area contributed by atoms with E-state index in [4.69, 9.17) is 0 Å². The van der Waals surface area contributed by atoms with Gasteiger partial charge in [-0.3, -0.25) is 0 Å². The molecule has 0 saturated carbocycles. The maximum atomic E-state index is 11.6. The van der Waals surface area contributed by atoms with E-state index in [1.165, 1.54) is 0 Å². The first-order chi connectivity index (χ1) is 9.08. The molecule has 0 aromatic carbocycles. The van der Waals surface area contributed by atoms with Gasteiger partial charge in [0, 0.05) is 13.1 Å². The zero-order valence-electron chi connectivity index (χ0n) is 12.6. The molecule has 0 unspecified atom stereocenters. The molecular weight excluding hydrogens is 304 g/mol. The van der Waals surface area contributed by atoms with Gasteiger partial charge in [0.1, 0.15) is 0 Å². The molecule has 0 atom stereocenters. The number of nitrogens with one attached hydrogen (secondary N) is 2. The molecule has 20 heavy (non-hydrogen) atoms. The lowest BCUT2D eigenvalue weighted by Gasteiger charge is -2.12. The van der Waals surface area contributed by atoms with Crippen molar-refractivity contribution in [2.75, 3.05) is 54.4 Å². The van der Waals surface area contributed by atoms with Crippen molar-refractivity contribution in [3.63, 3.8) is 0 Å². The monoisotopic (exact) mass is 330 g/mol. The second kappa shape index (κ2) is 8.90. The lowest BCUT2D eigenvalue weighted by atomic mass is 10.4. The van der Waals surface area contributed by atoms with Crippen LogP contribution in [0.15, 0.2) is 0 Å². The van der Waals surface area contributed by atoms with Crippen molar-refractivity contribution in [1.82, 2.24) is 19.2 Å². The molecule has 0 aliphatic rings. The largest absolute Gasteiger partial charge is 0.331 e. The SMILES string of the molecule is CN(C)CCCNS(=O)(=O)S(=O)(=O)NCCCN(C)C. The molecule has 0 radical (unpaired) electrons. The van der Waals surface area contributed by atoms with Crippen molar-refractivity contribution < 1.29 is 16.8 Å². The van der Waals surface area contributed by atoms with E-state index >= 15 is 0 Å². The van der Waals surface area contributed by atoms with E-state index in [2.05, 4.69) is 9.44 Å². The number of hydrogen-bond donors (Lipinski definition) is 2. The maximum Gasteiger partial charge on any atom is 0.331 e. The summed E-state index contributed by atoms with van der Waals surface area (Å²) in [7, 11) is -1.32. The van der Waals surface area contributed by atoms with Crippen molar-refractivity contribution >= 4 is 18.1 Å². The van der Waals surface area contributed by atoms with Crippen LogP contribution in [0.3, 0.4) is 0 Å². The highest BCUT2D eigenvalue weighted by atomic mass is 33.2. The second-order valence-electron chi connectivity index (χ2n) is 5.01. The van der Waals surface area contributed by atoms with E-state index in [-0.39, 0.29) is 13.1 Å². The number of rotatable bonds is 11. The Morgan fingerprint density at radius 3 is 1.25 bits per heavy atom. The fraction of sp³-hybridized carbons (Fsp3) is 1.00. The molecule has 0 bridgehead atoms. The van der Waals surface area contributed by atoms with Crippen LogP contribution in [-0.4, -0.2) is 81.0 Å². The van der Waals surface area contributed by atoms with Crippen LogP contribution < -0.4 is 9.44 Å². The first kappa shape index (κ1) is 19.7. The molecule has 0 aliphatic heterocycles. The van der Waals surface area contributed by atoms with Crippen LogP contribution in [0, 0.1) is 0 Å². The molecule has 0 fully saturated rings. The smallest absolute Gasteiger partial charge is 0.309 e. The standard InChI is InChI=1S/C10H26N4O4S2/c1-13(2)9-5-7-11-19(15,16)20(17,18)12-8-6-10-14(3)4/h11-12H,5-10H2,1-4H3. The third-order valence-electron chi connectivity index (χ3n) is 2.41. The lowest BCUT2D eigenvalue weighted by Crippen LogP contribution is -2.40. The minimum atomic E-state index is -4.38. The van der Waals surface area contributed by atoms with E-state index in [1.807, 2.05) is 38.0 Å². The Kier molecular flexibility index (Phi) is 8.79. The van der Waals surface area contributed by atoms with Gasteiger partial charge in [0.15, 0.2) is 0 Å². The van der Waals surface area contributed by atoms with Gasteiger partial charge in [0.2, 0.25) is 0 Å². The molecule has 0 amide bonds. The van der Waals surface area contributed by atoms with Crippen LogP contribution in [0.1, 0.15) is 12.8 Å². The normalized spacial score (nSPS) is 13.3. The van der Waals surface area contributed by atoms with Gasteiger partial charge in [-0.25, -0.2) is 9.44 Å². The summed E-state index contributed by atoms with van der Waals surface area (Å²) in [5.74, 6) is 0. The van der Waals surface area contributed by atoms with Gasteiger partial charge in [-0.05, 0) is 54.1 Å². The quantitative estimate of drug-likeness (QED) is 0.359. The lowest BCUT2D eigenvalue weighted by molar-refractivity contribution is 0.399. The Hall–Kier alpha value is -0.260. The van der Waals surface area contributed by atoms with Crippen LogP contribution >= 0.6 is 0 Å². The Balaban J connectivity index is 4.22. The highest BCUT2D eigenvalue weighted by Gasteiger charge is 2.28. The molecule has 0 rings (SSSR count). The predicted octanol–water partition coefficient (Wildman–Crippen LogP) is -1.36. The van der Waals surface area contributed by atoms with Crippen molar-refractivity contribution in [2.24, 2.45) is 0 Å². The van der Waals surface area contributed by atoms with Crippen LogP contribution in [0.4, 0.5) is 0 Å². The van der Waals surface area contributed by atoms with Gasteiger partial charge in [-0.15, -0.1) is 0 Å². The molecule has 0 heterocycles. The molecule has 0 aliphatic carbocycles. The summed E-state index contributed by atoms with van der Waals surface area (Å²) < 4.78 is 50.7. The molecule has 8 nitrogen and oxygen atoms in total. The third kappa shape index (κ3) is 8.12. The molecule has 10 heteroatoms. The van der Waals surface area contributed by atoms with Crippen LogP contribution in [-0.2, 0) is 18.1 Å². The fourth-order valence-electron chi connectivity index (χ4n) is 1.34. The van der Waals surface area contributed by atoms with Gasteiger partial charge in [-0.2, -0.15) is 16.8 Å². The summed E-state index contributed by atoms with van der Waals surface area (Å²) in [5, 5.41) is 0. The summed E-state index contributed by atoms with van der Waals surface area (Å²) in [5.41, 5.74) is 0. The van der Waals surface area contributed by atoms with Gasteiger partial charge >= 0.3 is 18.1 Å². The zero-order chi connectivity index (χ0) is 15.8. The summed E-state index contributed by atoms with van der Waals surface area (Å²) in [4.78, 5) is 3.78. The predicted molar refractivity (Wildman–Crippen MR) is 80.2 cm³/mol. The summed E-state index contributed by atoms with van der Waals surface area (Å²) in [6.07, 6.45) is 1.09. The van der Waals surface area contributed by atoms with E-state index in [0.717, 1.165) is 0 Å². The number of nitrogens with zero attached hydrogens (tertiary/aromatic N) is 2. The molecule has 0 aromatic heterocycles. The molecular formula is C10H26N4O4S2. The van der Waals surface area contributed by atoms with E-state index in [9.17, 15) is 16.8 Å². The summed E-state index contributed by atoms with van der Waals surface area (Å²) >= 11 is 0. The van der Waals surface area contributed by atoms with E-state index < -0.39 is 18.1 Å². The summed E-state index contributed by atoms with van der Waals surface area (Å²) in [6, 6.07) is 0. The van der Waals surface area contributed by atoms with Crippen molar-refractivity contribution in [3.05, 3.63) is 0 Å². The fourth-order valence-corrected chi connectivity index (χ4v) is 3.87. The Bertz CT molecular complexity index is 416. The summed E-state index contributed by atoms with van der Waals surface area (Å²) in [6.45, 7) is 1.55. The zero-order valence-corrected chi connectivity index (χ0v) is 14.2. The average molecular weight is 330 g/mol. The van der Waals surface area contributed by atoms with E-state index in [1.54, 1.807) is 0 Å². The minimum absolute atomic E-state index is 0.0964. The Morgan fingerprint density at radius 1 is 0.700 bits per heavy atom. The first-order valence-corrected chi connectivity index (χ1v) is 9.85. The number of hydrogen-bond acceptors (Lipinski definition) is 6. The van der Waals surface area contributed by atoms with Gasteiger partial charge in [0.05, 0.1) is 0 Å². The van der Waals surface area contributed by atoms with E-state index in [0.29, 0.717) is 25.9 Å². The molecule has 0 saturated heterocycles. The Morgan fingerprint density at radius 2 is 1.00 bits per heavy atom.